The first kappa shape index (κ1) is 19.4. The van der Waals surface area contributed by atoms with Crippen LogP contribution >= 0.6 is 11.6 Å². The van der Waals surface area contributed by atoms with Crippen LogP contribution in [0.2, 0.25) is 5.02 Å². The van der Waals surface area contributed by atoms with Gasteiger partial charge in [-0.3, -0.25) is 4.79 Å². The fraction of sp³-hybridized carbons (Fsp3) is 0.556. The summed E-state index contributed by atoms with van der Waals surface area (Å²) in [4.78, 5) is 28.6. The van der Waals surface area contributed by atoms with Crippen molar-refractivity contribution >= 4 is 23.5 Å². The van der Waals surface area contributed by atoms with E-state index in [2.05, 4.69) is 5.32 Å². The molecule has 0 bridgehead atoms. The van der Waals surface area contributed by atoms with Gasteiger partial charge < -0.3 is 19.9 Å². The molecule has 0 spiro atoms. The van der Waals surface area contributed by atoms with Gasteiger partial charge in [-0.2, -0.15) is 0 Å². The molecular weight excluding hydrogens is 342 g/mol. The lowest BCUT2D eigenvalue weighted by Crippen LogP contribution is -2.42. The first-order valence-electron chi connectivity index (χ1n) is 8.64. The molecule has 1 fully saturated rings. The van der Waals surface area contributed by atoms with Gasteiger partial charge in [0.05, 0.1) is 12.1 Å². The molecule has 1 N–H and O–H groups in total. The van der Waals surface area contributed by atoms with Crippen molar-refractivity contribution < 1.29 is 14.3 Å². The van der Waals surface area contributed by atoms with Crippen LogP contribution in [-0.2, 0) is 0 Å². The highest BCUT2D eigenvalue weighted by molar-refractivity contribution is 6.32. The lowest BCUT2D eigenvalue weighted by molar-refractivity contribution is 0.0761. The molecule has 1 aromatic carbocycles. The molecule has 0 radical (unpaired) electrons. The Kier molecular flexibility index (Phi) is 6.93. The Labute approximate surface area is 154 Å². The minimum Gasteiger partial charge on any atom is -0.495 e. The van der Waals surface area contributed by atoms with Gasteiger partial charge in [-0.25, -0.2) is 4.79 Å². The van der Waals surface area contributed by atoms with Crippen molar-refractivity contribution in [3.8, 4) is 5.75 Å². The fourth-order valence-corrected chi connectivity index (χ4v) is 3.12. The van der Waals surface area contributed by atoms with Crippen molar-refractivity contribution in [1.82, 2.24) is 15.1 Å². The summed E-state index contributed by atoms with van der Waals surface area (Å²) in [6, 6.07) is 3.38. The summed E-state index contributed by atoms with van der Waals surface area (Å²) in [7, 11) is 1.55. The molecule has 25 heavy (non-hydrogen) atoms. The Morgan fingerprint density at radius 2 is 1.88 bits per heavy atom. The van der Waals surface area contributed by atoms with Crippen LogP contribution in [-0.4, -0.2) is 61.6 Å². The Hall–Kier alpha value is -1.95. The Morgan fingerprint density at radius 3 is 2.56 bits per heavy atom. The number of ether oxygens (including phenoxy) is 1. The molecule has 0 aliphatic carbocycles. The third kappa shape index (κ3) is 4.78. The monoisotopic (exact) mass is 367 g/mol. The summed E-state index contributed by atoms with van der Waals surface area (Å²) >= 11 is 6.17. The summed E-state index contributed by atoms with van der Waals surface area (Å²) in [5, 5.41) is 3.31. The van der Waals surface area contributed by atoms with Crippen LogP contribution in [0.25, 0.3) is 0 Å². The number of hydrogen-bond donors (Lipinski definition) is 1. The van der Waals surface area contributed by atoms with Crippen LogP contribution in [0.3, 0.4) is 0 Å². The van der Waals surface area contributed by atoms with Crippen molar-refractivity contribution in [2.45, 2.75) is 26.7 Å². The molecule has 0 saturated carbocycles. The summed E-state index contributed by atoms with van der Waals surface area (Å²) in [6.07, 6.45) is 1.66. The number of benzene rings is 1. The molecule has 2 rings (SSSR count). The van der Waals surface area contributed by atoms with Crippen molar-refractivity contribution in [3.63, 3.8) is 0 Å². The number of halogens is 1. The van der Waals surface area contributed by atoms with Gasteiger partial charge in [0.25, 0.3) is 5.91 Å². The quantitative estimate of drug-likeness (QED) is 0.890. The van der Waals surface area contributed by atoms with Gasteiger partial charge in [0.2, 0.25) is 0 Å². The first-order chi connectivity index (χ1) is 12.0. The SMILES string of the molecule is CCCNC(=O)N1CCCN(C(=O)c2cc(Cl)c(OC)cc2C)CC1. The van der Waals surface area contributed by atoms with Gasteiger partial charge in [0.15, 0.2) is 0 Å². The fourth-order valence-electron chi connectivity index (χ4n) is 2.88. The lowest BCUT2D eigenvalue weighted by Gasteiger charge is -2.23. The number of carbonyl (C=O) groups is 2. The third-order valence-electron chi connectivity index (χ3n) is 4.33. The summed E-state index contributed by atoms with van der Waals surface area (Å²) in [6.45, 7) is 6.88. The maximum Gasteiger partial charge on any atom is 0.317 e. The van der Waals surface area contributed by atoms with E-state index < -0.39 is 0 Å². The molecule has 1 aromatic rings. The number of nitrogens with zero attached hydrogens (tertiary/aromatic N) is 2. The topological polar surface area (TPSA) is 61.9 Å². The molecule has 0 atom stereocenters. The second-order valence-electron chi connectivity index (χ2n) is 6.17. The average molecular weight is 368 g/mol. The van der Waals surface area contributed by atoms with Crippen LogP contribution in [0.4, 0.5) is 4.79 Å². The van der Waals surface area contributed by atoms with Gasteiger partial charge in [0, 0.05) is 38.3 Å². The van der Waals surface area contributed by atoms with E-state index in [1.54, 1.807) is 29.0 Å². The normalized spacial score (nSPS) is 14.9. The maximum atomic E-state index is 12.9. The van der Waals surface area contributed by atoms with Gasteiger partial charge in [-0.15, -0.1) is 0 Å². The molecule has 0 aromatic heterocycles. The number of hydrogen-bond acceptors (Lipinski definition) is 3. The molecule has 138 valence electrons. The van der Waals surface area contributed by atoms with Gasteiger partial charge in [-0.05, 0) is 37.5 Å². The number of carbonyl (C=O) groups excluding carboxylic acids is 2. The zero-order chi connectivity index (χ0) is 18.4. The van der Waals surface area contributed by atoms with E-state index in [0.717, 1.165) is 18.4 Å². The first-order valence-corrected chi connectivity index (χ1v) is 9.02. The third-order valence-corrected chi connectivity index (χ3v) is 4.62. The molecule has 0 unspecified atom stereocenters. The Morgan fingerprint density at radius 1 is 1.20 bits per heavy atom. The zero-order valence-corrected chi connectivity index (χ0v) is 15.9. The predicted molar refractivity (Wildman–Crippen MR) is 98.5 cm³/mol. The minimum absolute atomic E-state index is 0.0557. The Bertz CT molecular complexity index is 636. The number of methoxy groups -OCH3 is 1. The van der Waals surface area contributed by atoms with Crippen LogP contribution in [0.5, 0.6) is 5.75 Å². The predicted octanol–water partition coefficient (Wildman–Crippen LogP) is 2.92. The summed E-state index contributed by atoms with van der Waals surface area (Å²) in [5.41, 5.74) is 1.41. The lowest BCUT2D eigenvalue weighted by atomic mass is 10.1. The van der Waals surface area contributed by atoms with Gasteiger partial charge in [-0.1, -0.05) is 18.5 Å². The number of urea groups is 1. The number of amides is 3. The minimum atomic E-state index is -0.0575. The van der Waals surface area contributed by atoms with Crippen LogP contribution < -0.4 is 10.1 Å². The van der Waals surface area contributed by atoms with Gasteiger partial charge in [0.1, 0.15) is 5.75 Å². The second kappa shape index (κ2) is 8.94. The van der Waals surface area contributed by atoms with E-state index in [9.17, 15) is 9.59 Å². The molecule has 1 saturated heterocycles. The molecular formula is C18H26ClN3O3. The van der Waals surface area contributed by atoms with Crippen molar-refractivity contribution in [1.29, 1.82) is 0 Å². The number of nitrogens with one attached hydrogen (secondary N) is 1. The summed E-state index contributed by atoms with van der Waals surface area (Å²) in [5.74, 6) is 0.503. The van der Waals surface area contributed by atoms with Crippen LogP contribution in [0.1, 0.15) is 35.7 Å². The van der Waals surface area contributed by atoms with E-state index in [-0.39, 0.29) is 11.9 Å². The molecule has 7 heteroatoms. The molecule has 1 heterocycles. The molecule has 1 aliphatic rings. The summed E-state index contributed by atoms with van der Waals surface area (Å²) < 4.78 is 5.19. The van der Waals surface area contributed by atoms with Gasteiger partial charge >= 0.3 is 6.03 Å². The van der Waals surface area contributed by atoms with E-state index in [1.165, 1.54) is 0 Å². The standard InChI is InChI=1S/C18H26ClN3O3/c1-4-6-20-18(24)22-8-5-7-21(9-10-22)17(23)14-12-15(19)16(25-3)11-13(14)2/h11-12H,4-10H2,1-3H3,(H,20,24). The highest BCUT2D eigenvalue weighted by Gasteiger charge is 2.24. The largest absolute Gasteiger partial charge is 0.495 e. The van der Waals surface area contributed by atoms with Crippen molar-refractivity contribution in [2.75, 3.05) is 39.8 Å². The second-order valence-corrected chi connectivity index (χ2v) is 6.57. The highest BCUT2D eigenvalue weighted by atomic mass is 35.5. The average Bonchev–Trinajstić information content (AvgIpc) is 2.86. The highest BCUT2D eigenvalue weighted by Crippen LogP contribution is 2.28. The van der Waals surface area contributed by atoms with Crippen molar-refractivity contribution in [2.24, 2.45) is 0 Å². The maximum absolute atomic E-state index is 12.9. The van der Waals surface area contributed by atoms with E-state index >= 15 is 0 Å². The Balaban J connectivity index is 2.06. The zero-order valence-electron chi connectivity index (χ0n) is 15.1. The van der Waals surface area contributed by atoms with E-state index in [1.807, 2.05) is 13.8 Å². The number of rotatable bonds is 4. The molecule has 1 aliphatic heterocycles. The molecule has 6 nitrogen and oxygen atoms in total. The smallest absolute Gasteiger partial charge is 0.317 e. The van der Waals surface area contributed by atoms with E-state index in [0.29, 0.717) is 49.1 Å². The molecule has 3 amide bonds. The van der Waals surface area contributed by atoms with Crippen LogP contribution in [0, 0.1) is 6.92 Å². The van der Waals surface area contributed by atoms with E-state index in [4.69, 9.17) is 16.3 Å². The number of aryl methyl sites for hydroxylation is 1. The van der Waals surface area contributed by atoms with Crippen molar-refractivity contribution in [3.05, 3.63) is 28.3 Å². The van der Waals surface area contributed by atoms with Crippen LogP contribution in [0.15, 0.2) is 12.1 Å².